The fourth-order valence-corrected chi connectivity index (χ4v) is 4.91. The molecule has 39 heavy (non-hydrogen) atoms. The summed E-state index contributed by atoms with van der Waals surface area (Å²) in [6, 6.07) is 32.1. The summed E-state index contributed by atoms with van der Waals surface area (Å²) in [4.78, 5) is 17.7. The number of nitrogens with zero attached hydrogens (tertiary/aromatic N) is 2. The van der Waals surface area contributed by atoms with Crippen molar-refractivity contribution in [2.24, 2.45) is 0 Å². The van der Waals surface area contributed by atoms with Crippen molar-refractivity contribution in [1.29, 1.82) is 0 Å². The van der Waals surface area contributed by atoms with E-state index in [0.717, 1.165) is 46.0 Å². The predicted molar refractivity (Wildman–Crippen MR) is 154 cm³/mol. The highest BCUT2D eigenvalue weighted by molar-refractivity contribution is 5.94. The molecular weight excluding hydrogens is 488 g/mol. The molecule has 0 bridgehead atoms. The maximum atomic E-state index is 13.7. The summed E-state index contributed by atoms with van der Waals surface area (Å²) < 4.78 is 16.6. The van der Waals surface area contributed by atoms with E-state index in [0.29, 0.717) is 18.7 Å². The van der Waals surface area contributed by atoms with Gasteiger partial charge in [-0.15, -0.1) is 0 Å². The number of amides is 1. The van der Waals surface area contributed by atoms with Gasteiger partial charge < -0.3 is 24.0 Å². The number of fused-ring (bicyclic) bond motifs is 1. The van der Waals surface area contributed by atoms with Crippen molar-refractivity contribution in [1.82, 2.24) is 4.90 Å². The Morgan fingerprint density at radius 1 is 0.846 bits per heavy atom. The van der Waals surface area contributed by atoms with Crippen molar-refractivity contribution >= 4 is 11.6 Å². The van der Waals surface area contributed by atoms with Gasteiger partial charge in [-0.05, 0) is 71.6 Å². The second-order valence-corrected chi connectivity index (χ2v) is 9.88. The summed E-state index contributed by atoms with van der Waals surface area (Å²) in [5, 5.41) is 0. The summed E-state index contributed by atoms with van der Waals surface area (Å²) in [6.07, 6.45) is 0.736. The highest BCUT2D eigenvalue weighted by Gasteiger charge is 2.23. The first-order valence-electron chi connectivity index (χ1n) is 13.2. The highest BCUT2D eigenvalue weighted by Crippen LogP contribution is 2.38. The Balaban J connectivity index is 1.43. The molecule has 0 aliphatic carbocycles. The zero-order chi connectivity index (χ0) is 27.2. The maximum absolute atomic E-state index is 13.7. The predicted octanol–water partition coefficient (Wildman–Crippen LogP) is 6.35. The van der Waals surface area contributed by atoms with Crippen LogP contribution in [0.5, 0.6) is 17.2 Å². The normalized spacial score (nSPS) is 12.6. The molecule has 0 aromatic heterocycles. The first-order valence-corrected chi connectivity index (χ1v) is 13.2. The lowest BCUT2D eigenvalue weighted by Gasteiger charge is -2.27. The number of benzene rings is 4. The van der Waals surface area contributed by atoms with Crippen LogP contribution < -0.4 is 19.1 Å². The fraction of sp³-hybridized carbons (Fsp3) is 0.242. The highest BCUT2D eigenvalue weighted by atomic mass is 16.7. The van der Waals surface area contributed by atoms with Crippen LogP contribution >= 0.6 is 0 Å². The van der Waals surface area contributed by atoms with Gasteiger partial charge in [0.15, 0.2) is 11.5 Å². The Morgan fingerprint density at radius 2 is 1.54 bits per heavy atom. The van der Waals surface area contributed by atoms with Crippen LogP contribution in [0.15, 0.2) is 97.1 Å². The molecule has 5 rings (SSSR count). The molecule has 0 saturated heterocycles. The van der Waals surface area contributed by atoms with Gasteiger partial charge in [-0.2, -0.15) is 0 Å². The maximum Gasteiger partial charge on any atom is 0.254 e. The average molecular weight is 523 g/mol. The van der Waals surface area contributed by atoms with E-state index in [-0.39, 0.29) is 18.6 Å². The second-order valence-electron chi connectivity index (χ2n) is 9.88. The van der Waals surface area contributed by atoms with Crippen molar-refractivity contribution in [3.63, 3.8) is 0 Å². The van der Waals surface area contributed by atoms with Crippen LogP contribution in [0.2, 0.25) is 0 Å². The van der Waals surface area contributed by atoms with Gasteiger partial charge >= 0.3 is 0 Å². The number of hydrogen-bond acceptors (Lipinski definition) is 5. The van der Waals surface area contributed by atoms with E-state index < -0.39 is 0 Å². The molecule has 0 radical (unpaired) electrons. The minimum Gasteiger partial charge on any atom is -0.497 e. The average Bonchev–Trinajstić information content (AvgIpc) is 3.45. The molecule has 6 nitrogen and oxygen atoms in total. The summed E-state index contributed by atoms with van der Waals surface area (Å²) >= 11 is 0. The zero-order valence-electron chi connectivity index (χ0n) is 22.7. The number of anilines is 1. The van der Waals surface area contributed by atoms with Crippen molar-refractivity contribution in [3.8, 4) is 17.2 Å². The van der Waals surface area contributed by atoms with Crippen LogP contribution in [0.4, 0.5) is 5.69 Å². The van der Waals surface area contributed by atoms with Crippen molar-refractivity contribution in [3.05, 3.63) is 119 Å². The lowest BCUT2D eigenvalue weighted by molar-refractivity contribution is 0.0739. The lowest BCUT2D eigenvalue weighted by atomic mass is 9.88. The standard InChI is InChI=1S/C33H34N2O4/c1-34(2)28-14-9-24(10-15-28)22-35(33(36)26-7-5-4-6-8-26)20-19-30(25-11-16-29(37-3)17-12-25)27-13-18-31-32(21-27)39-23-38-31/h4-18,21,30H,19-20,22-23H2,1-3H3. The van der Waals surface area contributed by atoms with E-state index in [1.165, 1.54) is 0 Å². The number of ether oxygens (including phenoxy) is 3. The molecule has 4 aromatic carbocycles. The molecule has 200 valence electrons. The largest absolute Gasteiger partial charge is 0.497 e. The third-order valence-corrected chi connectivity index (χ3v) is 7.14. The Bertz CT molecular complexity index is 1390. The van der Waals surface area contributed by atoms with Crippen LogP contribution in [0.25, 0.3) is 0 Å². The molecule has 0 fully saturated rings. The summed E-state index contributed by atoms with van der Waals surface area (Å²) in [5.41, 5.74) is 5.17. The smallest absolute Gasteiger partial charge is 0.254 e. The van der Waals surface area contributed by atoms with E-state index in [4.69, 9.17) is 14.2 Å². The van der Waals surface area contributed by atoms with Crippen LogP contribution in [0.1, 0.15) is 39.4 Å². The van der Waals surface area contributed by atoms with Gasteiger partial charge in [0, 0.05) is 44.4 Å². The molecule has 0 N–H and O–H groups in total. The van der Waals surface area contributed by atoms with Crippen molar-refractivity contribution in [2.45, 2.75) is 18.9 Å². The minimum atomic E-state index is 0.0199. The van der Waals surface area contributed by atoms with Gasteiger partial charge in [0.1, 0.15) is 5.75 Å². The molecule has 1 aliphatic rings. The van der Waals surface area contributed by atoms with E-state index in [9.17, 15) is 4.79 Å². The van der Waals surface area contributed by atoms with Crippen LogP contribution in [-0.2, 0) is 6.54 Å². The third kappa shape index (κ3) is 6.17. The second kappa shape index (κ2) is 11.9. The van der Waals surface area contributed by atoms with Crippen LogP contribution in [0.3, 0.4) is 0 Å². The Hall–Kier alpha value is -4.45. The van der Waals surface area contributed by atoms with E-state index in [1.54, 1.807) is 7.11 Å². The molecule has 1 unspecified atom stereocenters. The Labute approximate surface area is 230 Å². The third-order valence-electron chi connectivity index (χ3n) is 7.14. The molecule has 1 aliphatic heterocycles. The first kappa shape index (κ1) is 26.2. The summed E-state index contributed by atoms with van der Waals surface area (Å²) in [7, 11) is 5.72. The van der Waals surface area contributed by atoms with Gasteiger partial charge in [0.2, 0.25) is 6.79 Å². The van der Waals surface area contributed by atoms with Gasteiger partial charge in [0.05, 0.1) is 7.11 Å². The van der Waals surface area contributed by atoms with Crippen LogP contribution in [0, 0.1) is 0 Å². The topological polar surface area (TPSA) is 51.2 Å². The Kier molecular flexibility index (Phi) is 8.02. The molecule has 4 aromatic rings. The molecular formula is C33H34N2O4. The first-order chi connectivity index (χ1) is 19.0. The summed E-state index contributed by atoms with van der Waals surface area (Å²) in [5.74, 6) is 2.39. The SMILES string of the molecule is COc1ccc(C(CCN(Cc2ccc(N(C)C)cc2)C(=O)c2ccccc2)c2ccc3c(c2)OCO3)cc1. The fourth-order valence-electron chi connectivity index (χ4n) is 4.91. The van der Waals surface area contributed by atoms with E-state index in [2.05, 4.69) is 53.4 Å². The lowest BCUT2D eigenvalue weighted by Crippen LogP contribution is -2.32. The molecule has 1 atom stereocenters. The zero-order valence-corrected chi connectivity index (χ0v) is 22.7. The monoisotopic (exact) mass is 522 g/mol. The van der Waals surface area contributed by atoms with Gasteiger partial charge in [-0.25, -0.2) is 0 Å². The van der Waals surface area contributed by atoms with E-state index >= 15 is 0 Å². The van der Waals surface area contributed by atoms with E-state index in [1.807, 2.05) is 67.5 Å². The van der Waals surface area contributed by atoms with Crippen LogP contribution in [-0.4, -0.2) is 45.3 Å². The van der Waals surface area contributed by atoms with Crippen molar-refractivity contribution < 1.29 is 19.0 Å². The molecule has 0 saturated carbocycles. The van der Waals surface area contributed by atoms with Gasteiger partial charge in [-0.1, -0.05) is 48.5 Å². The van der Waals surface area contributed by atoms with Crippen molar-refractivity contribution in [2.75, 3.05) is 39.4 Å². The number of methoxy groups -OCH3 is 1. The molecule has 1 amide bonds. The number of carbonyl (C=O) groups is 1. The molecule has 1 heterocycles. The summed E-state index contributed by atoms with van der Waals surface area (Å²) in [6.45, 7) is 1.34. The Morgan fingerprint density at radius 3 is 2.23 bits per heavy atom. The number of rotatable bonds is 10. The number of carbonyl (C=O) groups excluding carboxylic acids is 1. The molecule has 0 spiro atoms. The quantitative estimate of drug-likeness (QED) is 0.243. The molecule has 6 heteroatoms. The van der Waals surface area contributed by atoms with Gasteiger partial charge in [0.25, 0.3) is 5.91 Å². The number of hydrogen-bond donors (Lipinski definition) is 0. The van der Waals surface area contributed by atoms with Gasteiger partial charge in [-0.3, -0.25) is 4.79 Å². The minimum absolute atomic E-state index is 0.0199.